The van der Waals surface area contributed by atoms with Crippen LogP contribution in [0.2, 0.25) is 0 Å². The molecule has 4 aliphatic rings. The van der Waals surface area contributed by atoms with Gasteiger partial charge in [-0.3, -0.25) is 0 Å². The van der Waals surface area contributed by atoms with Crippen LogP contribution in [0.25, 0.3) is 0 Å². The van der Waals surface area contributed by atoms with Gasteiger partial charge in [0.05, 0.1) is 11.5 Å². The highest BCUT2D eigenvalue weighted by molar-refractivity contribution is 5.67. The van der Waals surface area contributed by atoms with Crippen LogP contribution in [0.1, 0.15) is 58.8 Å². The third-order valence-corrected chi connectivity index (χ3v) is 8.64. The summed E-state index contributed by atoms with van der Waals surface area (Å²) in [4.78, 5) is 12.3. The Balaban J connectivity index is 1.77. The van der Waals surface area contributed by atoms with Gasteiger partial charge in [-0.15, -0.1) is 6.42 Å². The van der Waals surface area contributed by atoms with Gasteiger partial charge in [0, 0.05) is 5.41 Å². The lowest BCUT2D eigenvalue weighted by molar-refractivity contribution is -0.138. The molecule has 0 aromatic heterocycles. The van der Waals surface area contributed by atoms with Gasteiger partial charge < -0.3 is 15.0 Å². The lowest BCUT2D eigenvalue weighted by Gasteiger charge is -2.60. The molecule has 0 spiro atoms. The summed E-state index contributed by atoms with van der Waals surface area (Å²) < 4.78 is 0. The van der Waals surface area contributed by atoms with E-state index in [4.69, 9.17) is 6.42 Å². The Morgan fingerprint density at radius 3 is 2.64 bits per heavy atom. The molecule has 0 aromatic rings. The SMILES string of the molecule is C#C[C@]1(O)CC[C@H]2[C@@H]3C(C)CC4=C[C@@H](O)CC[C@]4(C=O)[C@H]3CC[C@@]21C. The number of aliphatic hydroxyl groups excluding tert-OH is 1. The Morgan fingerprint density at radius 2 is 1.96 bits per heavy atom. The Kier molecular flexibility index (Phi) is 3.77. The number of hydrogen-bond acceptors (Lipinski definition) is 3. The zero-order valence-corrected chi connectivity index (χ0v) is 15.4. The van der Waals surface area contributed by atoms with Crippen molar-refractivity contribution < 1.29 is 15.0 Å². The van der Waals surface area contributed by atoms with E-state index in [2.05, 4.69) is 19.8 Å². The van der Waals surface area contributed by atoms with Crippen LogP contribution < -0.4 is 0 Å². The summed E-state index contributed by atoms with van der Waals surface area (Å²) >= 11 is 0. The minimum Gasteiger partial charge on any atom is -0.389 e. The summed E-state index contributed by atoms with van der Waals surface area (Å²) in [6, 6.07) is 0. The highest BCUT2D eigenvalue weighted by Gasteiger charge is 2.65. The van der Waals surface area contributed by atoms with E-state index >= 15 is 0 Å². The Morgan fingerprint density at radius 1 is 1.24 bits per heavy atom. The molecule has 0 saturated heterocycles. The maximum Gasteiger partial charge on any atom is 0.130 e. The van der Waals surface area contributed by atoms with Crippen LogP contribution in [0.4, 0.5) is 0 Å². The molecule has 0 aromatic carbocycles. The second-order valence-electron chi connectivity index (χ2n) is 9.43. The highest BCUT2D eigenvalue weighted by Crippen LogP contribution is 2.68. The molecule has 0 heterocycles. The Hall–Kier alpha value is -1.11. The number of fused-ring (bicyclic) bond motifs is 5. The molecule has 1 unspecified atom stereocenters. The number of allylic oxidation sites excluding steroid dienone is 1. The second kappa shape index (κ2) is 5.44. The van der Waals surface area contributed by atoms with Gasteiger partial charge in [-0.05, 0) is 68.6 Å². The van der Waals surface area contributed by atoms with Crippen LogP contribution in [0.15, 0.2) is 11.6 Å². The number of rotatable bonds is 1. The first-order valence-corrected chi connectivity index (χ1v) is 9.87. The van der Waals surface area contributed by atoms with Crippen LogP contribution in [0.3, 0.4) is 0 Å². The number of terminal acetylenes is 1. The average molecular weight is 342 g/mol. The first kappa shape index (κ1) is 17.3. The Bertz CT molecular complexity index is 661. The van der Waals surface area contributed by atoms with E-state index in [1.165, 1.54) is 11.9 Å². The number of aliphatic hydroxyl groups is 2. The molecule has 0 amide bonds. The van der Waals surface area contributed by atoms with Crippen molar-refractivity contribution in [1.82, 2.24) is 0 Å². The van der Waals surface area contributed by atoms with Crippen LogP contribution >= 0.6 is 0 Å². The lowest BCUT2D eigenvalue weighted by atomic mass is 9.44. The van der Waals surface area contributed by atoms with Crippen molar-refractivity contribution in [3.63, 3.8) is 0 Å². The zero-order valence-electron chi connectivity index (χ0n) is 15.4. The van der Waals surface area contributed by atoms with Gasteiger partial charge in [0.25, 0.3) is 0 Å². The summed E-state index contributed by atoms with van der Waals surface area (Å²) in [5, 5.41) is 21.2. The van der Waals surface area contributed by atoms with E-state index in [0.717, 1.165) is 32.1 Å². The lowest BCUT2D eigenvalue weighted by Crippen LogP contribution is -2.57. The normalized spacial score (nSPS) is 54.5. The summed E-state index contributed by atoms with van der Waals surface area (Å²) in [5.74, 6) is 4.31. The van der Waals surface area contributed by atoms with E-state index in [9.17, 15) is 15.0 Å². The molecule has 8 atom stereocenters. The molecular formula is C22H30O3. The molecule has 136 valence electrons. The van der Waals surface area contributed by atoms with E-state index in [0.29, 0.717) is 36.5 Å². The van der Waals surface area contributed by atoms with E-state index in [-0.39, 0.29) is 5.41 Å². The number of aldehydes is 1. The topological polar surface area (TPSA) is 57.5 Å². The van der Waals surface area contributed by atoms with Gasteiger partial charge in [0.1, 0.15) is 11.9 Å². The molecule has 3 saturated carbocycles. The van der Waals surface area contributed by atoms with E-state index < -0.39 is 17.1 Å². The van der Waals surface area contributed by atoms with Gasteiger partial charge >= 0.3 is 0 Å². The Labute approximate surface area is 150 Å². The van der Waals surface area contributed by atoms with Crippen LogP contribution in [0.5, 0.6) is 0 Å². The maximum absolute atomic E-state index is 12.3. The maximum atomic E-state index is 12.3. The highest BCUT2D eigenvalue weighted by atomic mass is 16.3. The standard InChI is InChI=1S/C22H30O3/c1-4-22(25)10-7-17-19-14(2)11-15-12-16(24)5-9-21(15,13-23)18(19)6-8-20(17,22)3/h1,12-14,16-19,24-25H,5-11H2,2-3H3/t14?,16-,17-,18-,19-,20-,21+,22-/m0/s1. The van der Waals surface area contributed by atoms with Crippen molar-refractivity contribution in [1.29, 1.82) is 0 Å². The molecule has 0 aliphatic heterocycles. The summed E-state index contributed by atoms with van der Waals surface area (Å²) in [5.41, 5.74) is -0.468. The minimum atomic E-state index is -1.00. The van der Waals surface area contributed by atoms with E-state index in [1.54, 1.807) is 0 Å². The van der Waals surface area contributed by atoms with Crippen molar-refractivity contribution in [3.05, 3.63) is 11.6 Å². The first-order chi connectivity index (χ1) is 11.8. The predicted molar refractivity (Wildman–Crippen MR) is 96.4 cm³/mol. The average Bonchev–Trinajstić information content (AvgIpc) is 2.87. The minimum absolute atomic E-state index is 0.239. The first-order valence-electron chi connectivity index (χ1n) is 9.87. The third kappa shape index (κ3) is 2.04. The summed E-state index contributed by atoms with van der Waals surface area (Å²) in [6.45, 7) is 4.46. The molecule has 4 aliphatic carbocycles. The van der Waals surface area contributed by atoms with E-state index in [1.807, 2.05) is 6.08 Å². The van der Waals surface area contributed by atoms with Crippen LogP contribution in [0, 0.1) is 46.8 Å². The quantitative estimate of drug-likeness (QED) is 0.437. The van der Waals surface area contributed by atoms with Crippen molar-refractivity contribution in [2.24, 2.45) is 34.5 Å². The molecule has 25 heavy (non-hydrogen) atoms. The van der Waals surface area contributed by atoms with Gasteiger partial charge in [-0.2, -0.15) is 0 Å². The number of carbonyl (C=O) groups excluding carboxylic acids is 1. The zero-order chi connectivity index (χ0) is 18.0. The van der Waals surface area contributed by atoms with Crippen LogP contribution in [-0.2, 0) is 4.79 Å². The van der Waals surface area contributed by atoms with Crippen molar-refractivity contribution in [2.45, 2.75) is 70.5 Å². The predicted octanol–water partition coefficient (Wildman–Crippen LogP) is 3.10. The van der Waals surface area contributed by atoms with Crippen LogP contribution in [-0.4, -0.2) is 28.2 Å². The fraction of sp³-hybridized carbons (Fsp3) is 0.773. The number of carbonyl (C=O) groups is 1. The van der Waals surface area contributed by atoms with Gasteiger partial charge in [-0.25, -0.2) is 0 Å². The van der Waals surface area contributed by atoms with Crippen molar-refractivity contribution >= 4 is 6.29 Å². The monoisotopic (exact) mass is 342 g/mol. The van der Waals surface area contributed by atoms with Crippen molar-refractivity contribution in [3.8, 4) is 12.3 Å². The smallest absolute Gasteiger partial charge is 0.130 e. The molecule has 3 heteroatoms. The molecule has 0 bridgehead atoms. The van der Waals surface area contributed by atoms with Crippen molar-refractivity contribution in [2.75, 3.05) is 0 Å². The molecule has 3 nitrogen and oxygen atoms in total. The molecule has 3 fully saturated rings. The molecule has 2 N–H and O–H groups in total. The fourth-order valence-electron chi connectivity index (χ4n) is 7.25. The van der Waals surface area contributed by atoms with Gasteiger partial charge in [0.15, 0.2) is 0 Å². The largest absolute Gasteiger partial charge is 0.389 e. The van der Waals surface area contributed by atoms with Gasteiger partial charge in [-0.1, -0.05) is 31.4 Å². The van der Waals surface area contributed by atoms with Gasteiger partial charge in [0.2, 0.25) is 0 Å². The molecular weight excluding hydrogens is 312 g/mol. The fourth-order valence-corrected chi connectivity index (χ4v) is 7.25. The molecule has 0 radical (unpaired) electrons. The third-order valence-electron chi connectivity index (χ3n) is 8.64. The molecule has 4 rings (SSSR count). The second-order valence-corrected chi connectivity index (χ2v) is 9.43. The summed E-state index contributed by atoms with van der Waals surface area (Å²) in [7, 11) is 0. The number of hydrogen-bond donors (Lipinski definition) is 2. The summed E-state index contributed by atoms with van der Waals surface area (Å²) in [6.07, 6.45) is 14.3.